The fraction of sp³-hybridized carbons (Fsp3) is 0.217. The minimum Gasteiger partial charge on any atom is -0.370 e. The summed E-state index contributed by atoms with van der Waals surface area (Å²) in [5, 5.41) is 6.15. The molecule has 2 aromatic carbocycles. The molecule has 0 aliphatic carbocycles. The number of carbonyl (C=O) groups excluding carboxylic acids is 1. The Morgan fingerprint density at radius 3 is 1.84 bits per heavy atom. The molecular weight excluding hydrogens is 524 g/mol. The van der Waals surface area contributed by atoms with E-state index < -0.39 is 26.2 Å². The molecule has 0 fully saturated rings. The smallest absolute Gasteiger partial charge is 0.360 e. The quantitative estimate of drug-likeness (QED) is 0.212. The van der Waals surface area contributed by atoms with Gasteiger partial charge in [0.15, 0.2) is 0 Å². The topological polar surface area (TPSA) is 198 Å². The monoisotopic (exact) mass is 550 g/mol. The van der Waals surface area contributed by atoms with Crippen molar-refractivity contribution in [2.24, 2.45) is 5.90 Å². The molecule has 0 aliphatic rings. The molecule has 37 heavy (non-hydrogen) atoms. The van der Waals surface area contributed by atoms with Crippen LogP contribution in [-0.2, 0) is 25.1 Å². The Bertz CT molecular complexity index is 1610. The van der Waals surface area contributed by atoms with E-state index in [1.807, 2.05) is 0 Å². The highest BCUT2D eigenvalue weighted by molar-refractivity contribution is 7.86. The van der Waals surface area contributed by atoms with Crippen LogP contribution >= 0.6 is 0 Å². The highest BCUT2D eigenvalue weighted by atomic mass is 32.2. The Labute approximate surface area is 214 Å². The zero-order chi connectivity index (χ0) is 27.9. The van der Waals surface area contributed by atoms with Gasteiger partial charge in [0.2, 0.25) is 0 Å². The molecule has 198 valence electrons. The molecule has 0 amide bonds. The van der Waals surface area contributed by atoms with Crippen molar-refractivity contribution in [1.82, 2.24) is 4.98 Å². The second-order valence-electron chi connectivity index (χ2n) is 8.45. The average molecular weight is 551 g/mol. The second kappa shape index (κ2) is 10.1. The molecule has 0 unspecified atom stereocenters. The van der Waals surface area contributed by atoms with Crippen LogP contribution in [0.25, 0.3) is 0 Å². The van der Waals surface area contributed by atoms with E-state index in [9.17, 15) is 30.7 Å². The van der Waals surface area contributed by atoms with Gasteiger partial charge in [0.1, 0.15) is 17.2 Å². The number of anilines is 4. The van der Waals surface area contributed by atoms with Crippen LogP contribution in [0.1, 0.15) is 38.2 Å². The maximum Gasteiger partial charge on any atom is 0.360 e. The predicted octanol–water partition coefficient (Wildman–Crippen LogP) is 3.63. The SMILES string of the molecule is Cc1cc(S(=O)(=O)O)ccc1Nc1nc(Nc2c(C)cc(S(=O)(=O)O)cc2C)c(C)c(C)c1C(=O)ON. The summed E-state index contributed by atoms with van der Waals surface area (Å²) in [4.78, 5) is 21.0. The summed E-state index contributed by atoms with van der Waals surface area (Å²) in [5.41, 5.74) is 3.49. The molecule has 0 saturated heterocycles. The number of nitrogens with zero attached hydrogens (tertiary/aromatic N) is 1. The van der Waals surface area contributed by atoms with Crippen LogP contribution in [0.3, 0.4) is 0 Å². The Morgan fingerprint density at radius 1 is 0.811 bits per heavy atom. The van der Waals surface area contributed by atoms with E-state index in [1.165, 1.54) is 30.3 Å². The lowest BCUT2D eigenvalue weighted by atomic mass is 10.0. The van der Waals surface area contributed by atoms with E-state index in [1.54, 1.807) is 34.6 Å². The molecule has 3 aromatic rings. The van der Waals surface area contributed by atoms with Gasteiger partial charge >= 0.3 is 5.97 Å². The summed E-state index contributed by atoms with van der Waals surface area (Å²) in [6.07, 6.45) is 0. The van der Waals surface area contributed by atoms with E-state index in [2.05, 4.69) is 20.5 Å². The van der Waals surface area contributed by atoms with Gasteiger partial charge in [-0.05, 0) is 92.8 Å². The number of aryl methyl sites for hydroxylation is 3. The number of rotatable bonds is 7. The van der Waals surface area contributed by atoms with Crippen molar-refractivity contribution in [2.75, 3.05) is 10.6 Å². The highest BCUT2D eigenvalue weighted by Crippen LogP contribution is 2.34. The van der Waals surface area contributed by atoms with Crippen molar-refractivity contribution in [3.8, 4) is 0 Å². The summed E-state index contributed by atoms with van der Waals surface area (Å²) in [6, 6.07) is 6.47. The van der Waals surface area contributed by atoms with Crippen LogP contribution in [0, 0.1) is 34.6 Å². The Balaban J connectivity index is 2.15. The number of carbonyl (C=O) groups is 1. The van der Waals surface area contributed by atoms with Crippen LogP contribution in [0.2, 0.25) is 0 Å². The molecule has 0 aliphatic heterocycles. The number of hydrogen-bond donors (Lipinski definition) is 5. The molecular formula is C23H26N4O8S2. The van der Waals surface area contributed by atoms with Crippen molar-refractivity contribution in [1.29, 1.82) is 0 Å². The molecule has 6 N–H and O–H groups in total. The van der Waals surface area contributed by atoms with Crippen LogP contribution in [-0.4, -0.2) is 36.9 Å². The maximum absolute atomic E-state index is 12.5. The summed E-state index contributed by atoms with van der Waals surface area (Å²) < 4.78 is 64.8. The summed E-state index contributed by atoms with van der Waals surface area (Å²) >= 11 is 0. The van der Waals surface area contributed by atoms with Gasteiger partial charge in [-0.1, -0.05) is 0 Å². The number of nitrogens with two attached hydrogens (primary N) is 1. The Morgan fingerprint density at radius 2 is 1.35 bits per heavy atom. The lowest BCUT2D eigenvalue weighted by Gasteiger charge is -2.20. The molecule has 3 rings (SSSR count). The van der Waals surface area contributed by atoms with E-state index in [0.717, 1.165) is 0 Å². The molecule has 0 atom stereocenters. The number of benzene rings is 2. The van der Waals surface area contributed by atoms with Crippen molar-refractivity contribution in [3.63, 3.8) is 0 Å². The maximum atomic E-state index is 12.5. The van der Waals surface area contributed by atoms with Crippen molar-refractivity contribution in [2.45, 2.75) is 44.4 Å². The number of hydrogen-bond acceptors (Lipinski definition) is 10. The molecule has 0 bridgehead atoms. The van der Waals surface area contributed by atoms with Gasteiger partial charge < -0.3 is 15.5 Å². The van der Waals surface area contributed by atoms with Crippen LogP contribution in [0.4, 0.5) is 23.0 Å². The standard InChI is InChI=1S/C23H26N4O8S2/c1-11-8-16(36(29,30)31)6-7-18(11)25-22-19(23(28)35-24)14(4)15(5)21(27-22)26-20-12(2)9-17(10-13(20)3)37(32,33)34/h6-10H,24H2,1-5H3,(H2,25,26,27)(H,29,30,31)(H,32,33,34). The molecule has 0 spiro atoms. The second-order valence-corrected chi connectivity index (χ2v) is 11.3. The summed E-state index contributed by atoms with van der Waals surface area (Å²) in [5.74, 6) is 4.66. The fourth-order valence-electron chi connectivity index (χ4n) is 3.77. The van der Waals surface area contributed by atoms with Crippen molar-refractivity contribution in [3.05, 3.63) is 63.7 Å². The largest absolute Gasteiger partial charge is 0.370 e. The molecule has 1 aromatic heterocycles. The molecule has 1 heterocycles. The lowest BCUT2D eigenvalue weighted by Crippen LogP contribution is -2.17. The van der Waals surface area contributed by atoms with Gasteiger partial charge in [-0.2, -0.15) is 22.7 Å². The van der Waals surface area contributed by atoms with Gasteiger partial charge in [-0.3, -0.25) is 9.11 Å². The van der Waals surface area contributed by atoms with E-state index in [4.69, 9.17) is 5.90 Å². The molecule has 0 radical (unpaired) electrons. The normalized spacial score (nSPS) is 11.8. The van der Waals surface area contributed by atoms with Crippen LogP contribution in [0.15, 0.2) is 40.1 Å². The number of pyridine rings is 1. The molecule has 12 nitrogen and oxygen atoms in total. The fourth-order valence-corrected chi connectivity index (χ4v) is 4.98. The lowest BCUT2D eigenvalue weighted by molar-refractivity contribution is 0.0503. The average Bonchev–Trinajstić information content (AvgIpc) is 2.78. The molecule has 14 heteroatoms. The van der Waals surface area contributed by atoms with Crippen LogP contribution in [0.5, 0.6) is 0 Å². The van der Waals surface area contributed by atoms with E-state index >= 15 is 0 Å². The van der Waals surface area contributed by atoms with Crippen molar-refractivity contribution < 1.29 is 35.6 Å². The van der Waals surface area contributed by atoms with Gasteiger partial charge in [0.25, 0.3) is 20.2 Å². The predicted molar refractivity (Wildman–Crippen MR) is 137 cm³/mol. The zero-order valence-electron chi connectivity index (χ0n) is 20.6. The Hall–Kier alpha value is -3.56. The van der Waals surface area contributed by atoms with Gasteiger partial charge in [0, 0.05) is 11.4 Å². The Kier molecular flexibility index (Phi) is 7.62. The van der Waals surface area contributed by atoms with E-state index in [0.29, 0.717) is 45.0 Å². The first kappa shape index (κ1) is 28.0. The number of nitrogens with one attached hydrogen (secondary N) is 2. The van der Waals surface area contributed by atoms with Gasteiger partial charge in [-0.15, -0.1) is 0 Å². The highest BCUT2D eigenvalue weighted by Gasteiger charge is 2.23. The first-order valence-electron chi connectivity index (χ1n) is 10.7. The third kappa shape index (κ3) is 5.89. The van der Waals surface area contributed by atoms with E-state index in [-0.39, 0.29) is 21.2 Å². The van der Waals surface area contributed by atoms with Crippen molar-refractivity contribution >= 4 is 49.2 Å². The summed E-state index contributed by atoms with van der Waals surface area (Å²) in [6.45, 7) is 8.29. The minimum atomic E-state index is -4.41. The first-order chi connectivity index (χ1) is 17.0. The summed E-state index contributed by atoms with van der Waals surface area (Å²) in [7, 11) is -8.81. The molecule has 0 saturated carbocycles. The number of aromatic nitrogens is 1. The minimum absolute atomic E-state index is 0.0407. The van der Waals surface area contributed by atoms with Gasteiger partial charge in [0.05, 0.1) is 9.79 Å². The third-order valence-corrected chi connectivity index (χ3v) is 7.54. The first-order valence-corrected chi connectivity index (χ1v) is 13.6. The van der Waals surface area contributed by atoms with Gasteiger partial charge in [-0.25, -0.2) is 9.78 Å². The zero-order valence-corrected chi connectivity index (χ0v) is 22.2. The third-order valence-electron chi connectivity index (χ3n) is 5.86. The van der Waals surface area contributed by atoms with Crippen LogP contribution < -0.4 is 16.5 Å².